The van der Waals surface area contributed by atoms with Gasteiger partial charge in [0.1, 0.15) is 0 Å². The van der Waals surface area contributed by atoms with Gasteiger partial charge >= 0.3 is 6.18 Å². The third-order valence-electron chi connectivity index (χ3n) is 3.68. The third-order valence-corrected chi connectivity index (χ3v) is 4.24. The summed E-state index contributed by atoms with van der Waals surface area (Å²) in [6, 6.07) is 10.4. The Bertz CT molecular complexity index is 819. The van der Waals surface area contributed by atoms with Crippen LogP contribution in [0.15, 0.2) is 54.6 Å². The number of nitrogens with one attached hydrogen (secondary N) is 1. The Labute approximate surface area is 161 Å². The van der Waals surface area contributed by atoms with Crippen LogP contribution in [-0.4, -0.2) is 11.7 Å². The summed E-state index contributed by atoms with van der Waals surface area (Å²) in [5, 5.41) is 3.99. The summed E-state index contributed by atoms with van der Waals surface area (Å²) in [5.41, 5.74) is 1.28. The van der Waals surface area contributed by atoms with Crippen LogP contribution in [0.1, 0.15) is 18.1 Å². The van der Waals surface area contributed by atoms with Crippen molar-refractivity contribution in [2.45, 2.75) is 20.0 Å². The molecule has 0 radical (unpaired) electrons. The van der Waals surface area contributed by atoms with E-state index in [-0.39, 0.29) is 0 Å². The molecule has 0 aliphatic heterocycles. The fourth-order valence-electron chi connectivity index (χ4n) is 2.32. The van der Waals surface area contributed by atoms with Crippen LogP contribution in [0.2, 0.25) is 5.02 Å². The van der Waals surface area contributed by atoms with E-state index in [0.29, 0.717) is 22.4 Å². The van der Waals surface area contributed by atoms with Gasteiger partial charge < -0.3 is 10.2 Å². The van der Waals surface area contributed by atoms with Crippen LogP contribution in [0.25, 0.3) is 0 Å². The molecule has 0 saturated carbocycles. The second-order valence-corrected chi connectivity index (χ2v) is 6.44. The molecule has 2 nitrogen and oxygen atoms in total. The summed E-state index contributed by atoms with van der Waals surface area (Å²) >= 11 is 11.4. The summed E-state index contributed by atoms with van der Waals surface area (Å²) in [6.45, 7) is 4.05. The minimum Gasteiger partial charge on any atom is -0.332 e. The number of aryl methyl sites for hydroxylation is 1. The number of rotatable bonds is 4. The van der Waals surface area contributed by atoms with Crippen LogP contribution in [0.4, 0.5) is 24.5 Å². The normalized spacial score (nSPS) is 11.6. The maximum absolute atomic E-state index is 13.0. The van der Waals surface area contributed by atoms with Crippen LogP contribution >= 0.6 is 23.8 Å². The molecule has 26 heavy (non-hydrogen) atoms. The standard InChI is InChI=1S/C19H18ClF3N2S/c1-3-4-10-25(16-7-5-6-14(12-16)19(21,22)23)18(26)24-17-9-8-15(20)11-13(17)2/h3-9,11-12H,10H2,1-2H3,(H,24,26). The minimum atomic E-state index is -4.41. The molecule has 2 rings (SSSR count). The number of hydrogen-bond acceptors (Lipinski definition) is 1. The van der Waals surface area contributed by atoms with Crippen molar-refractivity contribution in [2.75, 3.05) is 16.8 Å². The fourth-order valence-corrected chi connectivity index (χ4v) is 2.83. The Morgan fingerprint density at radius 2 is 1.96 bits per heavy atom. The highest BCUT2D eigenvalue weighted by atomic mass is 35.5. The van der Waals surface area contributed by atoms with Crippen LogP contribution in [-0.2, 0) is 6.18 Å². The lowest BCUT2D eigenvalue weighted by Crippen LogP contribution is -2.35. The Hall–Kier alpha value is -2.05. The highest BCUT2D eigenvalue weighted by molar-refractivity contribution is 7.80. The number of halogens is 4. The lowest BCUT2D eigenvalue weighted by Gasteiger charge is -2.26. The molecule has 0 atom stereocenters. The Morgan fingerprint density at radius 1 is 1.23 bits per heavy atom. The summed E-state index contributed by atoms with van der Waals surface area (Å²) in [5.74, 6) is 0. The molecule has 0 amide bonds. The molecule has 0 aliphatic carbocycles. The molecular weight excluding hydrogens is 381 g/mol. The number of anilines is 2. The van der Waals surface area contributed by atoms with E-state index < -0.39 is 11.7 Å². The van der Waals surface area contributed by atoms with Crippen molar-refractivity contribution in [3.05, 3.63) is 70.8 Å². The van der Waals surface area contributed by atoms with E-state index in [1.54, 1.807) is 29.2 Å². The second kappa shape index (κ2) is 8.56. The van der Waals surface area contributed by atoms with Crippen LogP contribution in [0.3, 0.4) is 0 Å². The average Bonchev–Trinajstić information content (AvgIpc) is 2.57. The van der Waals surface area contributed by atoms with Crippen molar-refractivity contribution in [1.82, 2.24) is 0 Å². The van der Waals surface area contributed by atoms with Crippen molar-refractivity contribution < 1.29 is 13.2 Å². The minimum absolute atomic E-state index is 0.299. The number of benzene rings is 2. The molecule has 0 aliphatic rings. The smallest absolute Gasteiger partial charge is 0.332 e. The van der Waals surface area contributed by atoms with E-state index in [2.05, 4.69) is 5.32 Å². The second-order valence-electron chi connectivity index (χ2n) is 5.62. The van der Waals surface area contributed by atoms with Gasteiger partial charge in [0.15, 0.2) is 5.11 Å². The Balaban J connectivity index is 2.33. The highest BCUT2D eigenvalue weighted by Crippen LogP contribution is 2.32. The van der Waals surface area contributed by atoms with Crippen molar-refractivity contribution in [3.63, 3.8) is 0 Å². The monoisotopic (exact) mass is 398 g/mol. The van der Waals surface area contributed by atoms with Crippen molar-refractivity contribution >= 4 is 40.3 Å². The first-order valence-electron chi connectivity index (χ1n) is 7.85. The number of alkyl halides is 3. The lowest BCUT2D eigenvalue weighted by molar-refractivity contribution is -0.137. The number of thiocarbonyl (C=S) groups is 1. The maximum Gasteiger partial charge on any atom is 0.416 e. The van der Waals surface area contributed by atoms with Crippen LogP contribution in [0.5, 0.6) is 0 Å². The molecule has 0 bridgehead atoms. The molecule has 0 fully saturated rings. The van der Waals surface area contributed by atoms with Crippen molar-refractivity contribution in [3.8, 4) is 0 Å². The van der Waals surface area contributed by atoms with Crippen LogP contribution < -0.4 is 10.2 Å². The largest absolute Gasteiger partial charge is 0.416 e. The van der Waals surface area contributed by atoms with Gasteiger partial charge in [-0.15, -0.1) is 0 Å². The van der Waals surface area contributed by atoms with Gasteiger partial charge in [0.05, 0.1) is 5.56 Å². The van der Waals surface area contributed by atoms with E-state index in [1.165, 1.54) is 6.07 Å². The van der Waals surface area contributed by atoms with Gasteiger partial charge in [-0.25, -0.2) is 0 Å². The summed E-state index contributed by atoms with van der Waals surface area (Å²) in [7, 11) is 0. The molecule has 7 heteroatoms. The van der Waals surface area contributed by atoms with Gasteiger partial charge in [-0.3, -0.25) is 0 Å². The van der Waals surface area contributed by atoms with E-state index in [0.717, 1.165) is 23.4 Å². The number of allylic oxidation sites excluding steroid dienone is 1. The Kier molecular flexibility index (Phi) is 6.67. The molecule has 1 N–H and O–H groups in total. The first-order chi connectivity index (χ1) is 12.2. The number of nitrogens with zero attached hydrogens (tertiary/aromatic N) is 1. The quantitative estimate of drug-likeness (QED) is 0.470. The van der Waals surface area contributed by atoms with Gasteiger partial charge in [-0.2, -0.15) is 13.2 Å². The van der Waals surface area contributed by atoms with Gasteiger partial charge in [0.25, 0.3) is 0 Å². The van der Waals surface area contributed by atoms with Gasteiger partial charge in [-0.05, 0) is 68.0 Å². The average molecular weight is 399 g/mol. The van der Waals surface area contributed by atoms with E-state index in [1.807, 2.05) is 26.0 Å². The van der Waals surface area contributed by atoms with Crippen LogP contribution in [0, 0.1) is 6.92 Å². The highest BCUT2D eigenvalue weighted by Gasteiger charge is 2.31. The van der Waals surface area contributed by atoms with Gasteiger partial charge in [-0.1, -0.05) is 29.8 Å². The third kappa shape index (κ3) is 5.22. The molecular formula is C19H18ClF3N2S. The summed E-state index contributed by atoms with van der Waals surface area (Å²) < 4.78 is 39.1. The van der Waals surface area contributed by atoms with E-state index in [9.17, 15) is 13.2 Å². The van der Waals surface area contributed by atoms with E-state index in [4.69, 9.17) is 23.8 Å². The zero-order chi connectivity index (χ0) is 19.3. The fraction of sp³-hybridized carbons (Fsp3) is 0.211. The number of hydrogen-bond donors (Lipinski definition) is 1. The predicted molar refractivity (Wildman–Crippen MR) is 106 cm³/mol. The van der Waals surface area contributed by atoms with Gasteiger partial charge in [0.2, 0.25) is 0 Å². The Morgan fingerprint density at radius 3 is 2.58 bits per heavy atom. The van der Waals surface area contributed by atoms with Crippen molar-refractivity contribution in [2.24, 2.45) is 0 Å². The first kappa shape index (κ1) is 20.3. The SMILES string of the molecule is CC=CCN(C(=S)Nc1ccc(Cl)cc1C)c1cccc(C(F)(F)F)c1. The first-order valence-corrected chi connectivity index (χ1v) is 8.64. The molecule has 2 aromatic rings. The molecule has 0 aromatic heterocycles. The summed E-state index contributed by atoms with van der Waals surface area (Å²) in [4.78, 5) is 1.61. The predicted octanol–water partition coefficient (Wildman–Crippen LogP) is 6.45. The summed E-state index contributed by atoms with van der Waals surface area (Å²) in [6.07, 6.45) is -0.774. The molecule has 138 valence electrons. The molecule has 0 unspecified atom stereocenters. The zero-order valence-electron chi connectivity index (χ0n) is 14.3. The molecule has 2 aromatic carbocycles. The zero-order valence-corrected chi connectivity index (χ0v) is 15.8. The van der Waals surface area contributed by atoms with Crippen molar-refractivity contribution in [1.29, 1.82) is 0 Å². The maximum atomic E-state index is 13.0. The molecule has 0 heterocycles. The molecule has 0 saturated heterocycles. The lowest BCUT2D eigenvalue weighted by atomic mass is 10.1. The topological polar surface area (TPSA) is 15.3 Å². The molecule has 0 spiro atoms. The van der Waals surface area contributed by atoms with E-state index >= 15 is 0 Å². The van der Waals surface area contributed by atoms with Gasteiger partial charge in [0, 0.05) is 22.9 Å².